The van der Waals surface area contributed by atoms with Crippen molar-refractivity contribution in [1.29, 1.82) is 0 Å². The van der Waals surface area contributed by atoms with Crippen LogP contribution in [0, 0.1) is 6.92 Å². The third-order valence-electron chi connectivity index (χ3n) is 2.83. The largest absolute Gasteiger partial charge is 0.398 e. The van der Waals surface area contributed by atoms with E-state index in [-0.39, 0.29) is 0 Å². The number of nitrogen functional groups attached to an aromatic ring is 1. The van der Waals surface area contributed by atoms with Crippen molar-refractivity contribution in [3.63, 3.8) is 0 Å². The Labute approximate surface area is 90.9 Å². The Morgan fingerprint density at radius 3 is 2.40 bits per heavy atom. The molecule has 0 aliphatic carbocycles. The van der Waals surface area contributed by atoms with E-state index in [1.54, 1.807) is 0 Å². The van der Waals surface area contributed by atoms with E-state index in [1.165, 1.54) is 21.9 Å². The maximum Gasteiger partial charge on any atom is 0.0355 e. The number of benzene rings is 2. The second-order valence-corrected chi connectivity index (χ2v) is 4.45. The Morgan fingerprint density at radius 1 is 1.07 bits per heavy atom. The molecule has 2 rings (SSSR count). The van der Waals surface area contributed by atoms with Crippen molar-refractivity contribution >= 4 is 16.5 Å². The van der Waals surface area contributed by atoms with E-state index in [9.17, 15) is 0 Å². The van der Waals surface area contributed by atoms with Crippen LogP contribution in [0.15, 0.2) is 30.3 Å². The second kappa shape index (κ2) is 3.58. The van der Waals surface area contributed by atoms with Gasteiger partial charge in [-0.2, -0.15) is 0 Å². The van der Waals surface area contributed by atoms with Crippen LogP contribution < -0.4 is 5.73 Å². The van der Waals surface area contributed by atoms with Crippen LogP contribution in [0.2, 0.25) is 0 Å². The summed E-state index contributed by atoms with van der Waals surface area (Å²) in [5.74, 6) is 0.468. The first-order chi connectivity index (χ1) is 7.09. The van der Waals surface area contributed by atoms with E-state index < -0.39 is 0 Å². The van der Waals surface area contributed by atoms with Crippen molar-refractivity contribution in [2.24, 2.45) is 0 Å². The zero-order valence-corrected chi connectivity index (χ0v) is 9.54. The molecule has 2 N–H and O–H groups in total. The molecule has 0 heterocycles. The smallest absolute Gasteiger partial charge is 0.0355 e. The fraction of sp³-hybridized carbons (Fsp3) is 0.286. The molecule has 0 saturated heterocycles. The summed E-state index contributed by atoms with van der Waals surface area (Å²) in [6.45, 7) is 6.49. The van der Waals surface area contributed by atoms with Gasteiger partial charge in [-0.3, -0.25) is 0 Å². The van der Waals surface area contributed by atoms with E-state index in [1.807, 2.05) is 6.07 Å². The second-order valence-electron chi connectivity index (χ2n) is 4.45. The lowest BCUT2D eigenvalue weighted by atomic mass is 9.93. The number of aryl methyl sites for hydroxylation is 1. The summed E-state index contributed by atoms with van der Waals surface area (Å²) < 4.78 is 0. The van der Waals surface area contributed by atoms with Gasteiger partial charge in [0.05, 0.1) is 0 Å². The molecule has 2 aromatic rings. The summed E-state index contributed by atoms with van der Waals surface area (Å²) in [5, 5.41) is 2.57. The highest BCUT2D eigenvalue weighted by molar-refractivity contribution is 5.90. The minimum Gasteiger partial charge on any atom is -0.398 e. The van der Waals surface area contributed by atoms with Gasteiger partial charge >= 0.3 is 0 Å². The van der Waals surface area contributed by atoms with Gasteiger partial charge in [0, 0.05) is 5.69 Å². The van der Waals surface area contributed by atoms with Crippen LogP contribution in [0.5, 0.6) is 0 Å². The number of nitrogens with two attached hydrogens (primary N) is 1. The van der Waals surface area contributed by atoms with Crippen LogP contribution in [-0.4, -0.2) is 0 Å². The van der Waals surface area contributed by atoms with Crippen LogP contribution in [0.4, 0.5) is 5.69 Å². The van der Waals surface area contributed by atoms with Crippen LogP contribution in [0.25, 0.3) is 10.8 Å². The predicted octanol–water partition coefficient (Wildman–Crippen LogP) is 3.85. The lowest BCUT2D eigenvalue weighted by molar-refractivity contribution is 0.879. The van der Waals surface area contributed by atoms with Gasteiger partial charge in [-0.15, -0.1) is 0 Å². The molecule has 0 atom stereocenters. The predicted molar refractivity (Wildman–Crippen MR) is 67.2 cm³/mol. The molecule has 0 bridgehead atoms. The molecule has 0 spiro atoms. The fourth-order valence-corrected chi connectivity index (χ4v) is 2.12. The number of fused-ring (bicyclic) bond motifs is 1. The molecule has 0 unspecified atom stereocenters. The van der Waals surface area contributed by atoms with Crippen LogP contribution in [-0.2, 0) is 0 Å². The van der Waals surface area contributed by atoms with Gasteiger partial charge in [-0.05, 0) is 35.2 Å². The topological polar surface area (TPSA) is 26.0 Å². The number of rotatable bonds is 1. The molecule has 0 aliphatic rings. The molecule has 0 saturated carbocycles. The number of hydrogen-bond donors (Lipinski definition) is 1. The van der Waals surface area contributed by atoms with Gasteiger partial charge in [0.1, 0.15) is 0 Å². The summed E-state index contributed by atoms with van der Waals surface area (Å²) >= 11 is 0. The Balaban J connectivity index is 2.84. The first-order valence-electron chi connectivity index (χ1n) is 5.38. The molecular formula is C14H17N. The summed E-state index contributed by atoms with van der Waals surface area (Å²) in [7, 11) is 0. The number of anilines is 1. The van der Waals surface area contributed by atoms with Gasteiger partial charge in [-0.25, -0.2) is 0 Å². The van der Waals surface area contributed by atoms with Crippen LogP contribution in [0.1, 0.15) is 30.9 Å². The molecule has 0 aliphatic heterocycles. The third-order valence-corrected chi connectivity index (χ3v) is 2.83. The molecule has 15 heavy (non-hydrogen) atoms. The van der Waals surface area contributed by atoms with Gasteiger partial charge in [0.2, 0.25) is 0 Å². The summed E-state index contributed by atoms with van der Waals surface area (Å²) in [6, 6.07) is 10.6. The highest BCUT2D eigenvalue weighted by Gasteiger charge is 2.08. The monoisotopic (exact) mass is 199 g/mol. The van der Waals surface area contributed by atoms with Crippen molar-refractivity contribution in [1.82, 2.24) is 0 Å². The van der Waals surface area contributed by atoms with Gasteiger partial charge in [0.15, 0.2) is 0 Å². The molecule has 2 aromatic carbocycles. The Morgan fingerprint density at radius 2 is 1.73 bits per heavy atom. The highest BCUT2D eigenvalue weighted by atomic mass is 14.6. The number of hydrogen-bond acceptors (Lipinski definition) is 1. The first kappa shape index (κ1) is 10.0. The minimum absolute atomic E-state index is 0.468. The molecule has 78 valence electrons. The van der Waals surface area contributed by atoms with Crippen molar-refractivity contribution in [2.75, 3.05) is 5.73 Å². The van der Waals surface area contributed by atoms with Gasteiger partial charge in [-0.1, -0.05) is 43.7 Å². The zero-order valence-electron chi connectivity index (χ0n) is 9.54. The van der Waals surface area contributed by atoms with E-state index in [2.05, 4.69) is 45.0 Å². The highest BCUT2D eigenvalue weighted by Crippen LogP contribution is 2.31. The summed E-state index contributed by atoms with van der Waals surface area (Å²) in [4.78, 5) is 0. The minimum atomic E-state index is 0.468. The Kier molecular flexibility index (Phi) is 2.39. The van der Waals surface area contributed by atoms with Crippen LogP contribution in [0.3, 0.4) is 0 Å². The SMILES string of the molecule is Cc1ccc2ccc(N)c(C(C)C)c2c1. The molecule has 0 amide bonds. The lowest BCUT2D eigenvalue weighted by Gasteiger charge is -2.13. The molecule has 0 aromatic heterocycles. The quantitative estimate of drug-likeness (QED) is 0.693. The molecular weight excluding hydrogens is 182 g/mol. The zero-order chi connectivity index (χ0) is 11.0. The summed E-state index contributed by atoms with van der Waals surface area (Å²) in [6.07, 6.45) is 0. The summed E-state index contributed by atoms with van der Waals surface area (Å²) in [5.41, 5.74) is 9.50. The molecule has 1 nitrogen and oxygen atoms in total. The Hall–Kier alpha value is -1.50. The fourth-order valence-electron chi connectivity index (χ4n) is 2.12. The van der Waals surface area contributed by atoms with Crippen molar-refractivity contribution < 1.29 is 0 Å². The maximum absolute atomic E-state index is 6.04. The van der Waals surface area contributed by atoms with Crippen molar-refractivity contribution in [3.05, 3.63) is 41.5 Å². The van der Waals surface area contributed by atoms with Gasteiger partial charge in [0.25, 0.3) is 0 Å². The molecule has 1 heteroatoms. The normalized spacial score (nSPS) is 11.2. The standard InChI is InChI=1S/C14H17N/c1-9(2)14-12-8-10(3)4-5-11(12)6-7-13(14)15/h4-9H,15H2,1-3H3. The average molecular weight is 199 g/mol. The van der Waals surface area contributed by atoms with Crippen molar-refractivity contribution in [3.8, 4) is 0 Å². The Bertz CT molecular complexity index is 493. The first-order valence-corrected chi connectivity index (χ1v) is 5.38. The van der Waals surface area contributed by atoms with E-state index in [4.69, 9.17) is 5.73 Å². The van der Waals surface area contributed by atoms with E-state index in [0.717, 1.165) is 5.69 Å². The van der Waals surface area contributed by atoms with Crippen molar-refractivity contribution in [2.45, 2.75) is 26.7 Å². The molecule has 0 radical (unpaired) electrons. The maximum atomic E-state index is 6.04. The van der Waals surface area contributed by atoms with E-state index >= 15 is 0 Å². The van der Waals surface area contributed by atoms with Gasteiger partial charge < -0.3 is 5.73 Å². The third kappa shape index (κ3) is 1.70. The van der Waals surface area contributed by atoms with Crippen LogP contribution >= 0.6 is 0 Å². The molecule has 0 fully saturated rings. The van der Waals surface area contributed by atoms with E-state index in [0.29, 0.717) is 5.92 Å². The lowest BCUT2D eigenvalue weighted by Crippen LogP contribution is -1.97. The average Bonchev–Trinajstić information content (AvgIpc) is 2.16.